The summed E-state index contributed by atoms with van der Waals surface area (Å²) in [5.74, 6) is 0.254. The number of rotatable bonds is 83. The van der Waals surface area contributed by atoms with Gasteiger partial charge >= 0.3 is 39.5 Å². The first kappa shape index (κ1) is 102. The van der Waals surface area contributed by atoms with Gasteiger partial charge in [-0.3, -0.25) is 37.3 Å². The second-order valence-corrected chi connectivity index (χ2v) is 34.9. The van der Waals surface area contributed by atoms with Crippen LogP contribution in [0.4, 0.5) is 0 Å². The molecule has 618 valence electrons. The van der Waals surface area contributed by atoms with Crippen molar-refractivity contribution in [2.75, 3.05) is 39.6 Å². The Hall–Kier alpha value is -1.94. The van der Waals surface area contributed by atoms with E-state index in [2.05, 4.69) is 48.5 Å². The van der Waals surface area contributed by atoms with Crippen molar-refractivity contribution in [1.29, 1.82) is 0 Å². The summed E-state index contributed by atoms with van der Waals surface area (Å²) in [6, 6.07) is 0. The molecule has 0 aliphatic carbocycles. The Morgan fingerprint density at radius 3 is 0.654 bits per heavy atom. The number of phosphoric acid groups is 2. The fourth-order valence-corrected chi connectivity index (χ4v) is 14.8. The van der Waals surface area contributed by atoms with Gasteiger partial charge in [-0.15, -0.1) is 0 Å². The Labute approximate surface area is 638 Å². The van der Waals surface area contributed by atoms with Gasteiger partial charge in [0.05, 0.1) is 26.4 Å². The Bertz CT molecular complexity index is 2010. The van der Waals surface area contributed by atoms with Crippen LogP contribution in [0.1, 0.15) is 447 Å². The van der Waals surface area contributed by atoms with Gasteiger partial charge in [-0.2, -0.15) is 0 Å². The Balaban J connectivity index is 5.20. The lowest BCUT2D eigenvalue weighted by Gasteiger charge is -2.21. The average Bonchev–Trinajstić information content (AvgIpc) is 0.911. The third-order valence-electron chi connectivity index (χ3n) is 19.9. The molecule has 0 aromatic carbocycles. The van der Waals surface area contributed by atoms with E-state index in [0.29, 0.717) is 25.7 Å². The normalized spacial score (nSPS) is 13.9. The molecular formula is C85H166O17P2. The monoisotopic (exact) mass is 1520 g/mol. The van der Waals surface area contributed by atoms with Gasteiger partial charge in [0, 0.05) is 25.7 Å². The van der Waals surface area contributed by atoms with Gasteiger partial charge in [-0.25, -0.2) is 9.13 Å². The van der Waals surface area contributed by atoms with Crippen molar-refractivity contribution in [3.8, 4) is 0 Å². The number of hydrogen-bond donors (Lipinski definition) is 3. The number of ether oxygens (including phenoxy) is 4. The largest absolute Gasteiger partial charge is 0.472 e. The minimum Gasteiger partial charge on any atom is -0.462 e. The SMILES string of the molecule is CCCCCCCCCCCCCC(=O)OC[C@H](COP(=O)(O)OC[C@H](O)COP(=O)(O)OC[C@@H](COC(=O)CCCCCCCCCCCCCCCCCCCCC(C)C)OC(=O)CCCCCCCCCCCCCCCCCCCCC(C)C)OC(=O)CCCCCCCCCCC(C)C. The van der Waals surface area contributed by atoms with Crippen molar-refractivity contribution in [2.24, 2.45) is 17.8 Å². The lowest BCUT2D eigenvalue weighted by molar-refractivity contribution is -0.161. The summed E-state index contributed by atoms with van der Waals surface area (Å²) in [5.41, 5.74) is 0. The van der Waals surface area contributed by atoms with E-state index in [-0.39, 0.29) is 25.7 Å². The highest BCUT2D eigenvalue weighted by molar-refractivity contribution is 7.47. The van der Waals surface area contributed by atoms with Crippen LogP contribution in [-0.4, -0.2) is 96.7 Å². The lowest BCUT2D eigenvalue weighted by Crippen LogP contribution is -2.30. The molecule has 2 unspecified atom stereocenters. The number of aliphatic hydroxyl groups excluding tert-OH is 1. The van der Waals surface area contributed by atoms with Crippen LogP contribution in [-0.2, 0) is 65.4 Å². The van der Waals surface area contributed by atoms with E-state index >= 15 is 0 Å². The molecule has 0 saturated carbocycles. The standard InChI is InChI=1S/C85H166O17P2/c1-8-9-10-11-12-13-30-37-45-52-59-66-82(87)95-73-81(102-85(90)69-62-55-48-41-40-44-51-58-65-78(6)7)75-100-104(93,94)98-71-79(86)70-97-103(91,92)99-74-80(101-84(89)68-61-54-47-39-34-29-25-21-17-15-19-23-27-32-36-43-50-57-64-77(4)5)72-96-83(88)67-60-53-46-38-33-28-24-20-16-14-18-22-26-31-35-42-49-56-63-76(2)3/h76-81,86H,8-75H2,1-7H3,(H,91,92)(H,93,94)/t79-,80-,81-/m1/s1. The molecule has 0 spiro atoms. The van der Waals surface area contributed by atoms with Crippen molar-refractivity contribution < 1.29 is 80.2 Å². The first-order valence-electron chi connectivity index (χ1n) is 43.8. The minimum atomic E-state index is -4.97. The molecule has 0 aromatic rings. The molecule has 19 heteroatoms. The number of esters is 4. The maximum Gasteiger partial charge on any atom is 0.472 e. The van der Waals surface area contributed by atoms with Crippen molar-refractivity contribution in [2.45, 2.75) is 465 Å². The van der Waals surface area contributed by atoms with E-state index < -0.39 is 97.5 Å². The van der Waals surface area contributed by atoms with E-state index in [9.17, 15) is 43.2 Å². The Morgan fingerprint density at radius 1 is 0.260 bits per heavy atom. The minimum absolute atomic E-state index is 0.105. The maximum atomic E-state index is 13.1. The van der Waals surface area contributed by atoms with Gasteiger partial charge < -0.3 is 33.8 Å². The van der Waals surface area contributed by atoms with Gasteiger partial charge in [-0.05, 0) is 43.4 Å². The van der Waals surface area contributed by atoms with Crippen LogP contribution in [0.25, 0.3) is 0 Å². The molecule has 5 atom stereocenters. The smallest absolute Gasteiger partial charge is 0.462 e. The highest BCUT2D eigenvalue weighted by atomic mass is 31.2. The highest BCUT2D eigenvalue weighted by Gasteiger charge is 2.30. The van der Waals surface area contributed by atoms with E-state index in [0.717, 1.165) is 108 Å². The Kier molecular flexibility index (Phi) is 73.7. The number of carbonyl (C=O) groups is 4. The fraction of sp³-hybridized carbons (Fsp3) is 0.953. The summed E-state index contributed by atoms with van der Waals surface area (Å²) in [6.07, 6.45) is 65.4. The molecule has 0 fully saturated rings. The van der Waals surface area contributed by atoms with Gasteiger partial charge in [0.15, 0.2) is 12.2 Å². The van der Waals surface area contributed by atoms with E-state index in [1.165, 1.54) is 257 Å². The van der Waals surface area contributed by atoms with Crippen LogP contribution in [0.5, 0.6) is 0 Å². The summed E-state index contributed by atoms with van der Waals surface area (Å²) in [4.78, 5) is 73.1. The molecule has 0 saturated heterocycles. The van der Waals surface area contributed by atoms with Crippen molar-refractivity contribution in [3.05, 3.63) is 0 Å². The molecule has 0 aliphatic heterocycles. The number of carbonyl (C=O) groups excluding carboxylic acids is 4. The summed E-state index contributed by atoms with van der Waals surface area (Å²) in [6.45, 7) is 12.0. The molecule has 17 nitrogen and oxygen atoms in total. The molecule has 0 amide bonds. The van der Waals surface area contributed by atoms with Crippen LogP contribution >= 0.6 is 15.6 Å². The van der Waals surface area contributed by atoms with Crippen LogP contribution < -0.4 is 0 Å². The van der Waals surface area contributed by atoms with Gasteiger partial charge in [0.25, 0.3) is 0 Å². The predicted molar refractivity (Wildman–Crippen MR) is 428 cm³/mol. The lowest BCUT2D eigenvalue weighted by atomic mass is 10.0. The fourth-order valence-electron chi connectivity index (χ4n) is 13.2. The third-order valence-corrected chi connectivity index (χ3v) is 21.8. The second kappa shape index (κ2) is 75.1. The molecular weight excluding hydrogens is 1350 g/mol. The molecule has 0 heterocycles. The maximum absolute atomic E-state index is 13.1. The van der Waals surface area contributed by atoms with Crippen molar-refractivity contribution in [3.63, 3.8) is 0 Å². The number of phosphoric ester groups is 2. The summed E-state index contributed by atoms with van der Waals surface area (Å²) in [7, 11) is -9.92. The molecule has 0 rings (SSSR count). The van der Waals surface area contributed by atoms with Crippen molar-refractivity contribution >= 4 is 39.5 Å². The molecule has 3 N–H and O–H groups in total. The third kappa shape index (κ3) is 78.2. The number of aliphatic hydroxyl groups is 1. The van der Waals surface area contributed by atoms with Gasteiger partial charge in [0.2, 0.25) is 0 Å². The highest BCUT2D eigenvalue weighted by Crippen LogP contribution is 2.45. The van der Waals surface area contributed by atoms with E-state index in [4.69, 9.17) is 37.0 Å². The molecule has 0 aromatic heterocycles. The summed E-state index contributed by atoms with van der Waals surface area (Å²) < 4.78 is 68.8. The topological polar surface area (TPSA) is 237 Å². The first-order valence-corrected chi connectivity index (χ1v) is 46.8. The first-order chi connectivity index (χ1) is 50.2. The van der Waals surface area contributed by atoms with Crippen LogP contribution in [0.15, 0.2) is 0 Å². The zero-order valence-electron chi connectivity index (χ0n) is 68.5. The summed E-state index contributed by atoms with van der Waals surface area (Å²) >= 11 is 0. The van der Waals surface area contributed by atoms with Gasteiger partial charge in [0.1, 0.15) is 19.3 Å². The zero-order chi connectivity index (χ0) is 76.5. The van der Waals surface area contributed by atoms with Crippen LogP contribution in [0, 0.1) is 17.8 Å². The number of hydrogen-bond acceptors (Lipinski definition) is 15. The molecule has 104 heavy (non-hydrogen) atoms. The molecule has 0 bridgehead atoms. The van der Waals surface area contributed by atoms with Crippen LogP contribution in [0.2, 0.25) is 0 Å². The Morgan fingerprint density at radius 2 is 0.442 bits per heavy atom. The summed E-state index contributed by atoms with van der Waals surface area (Å²) in [5, 5.41) is 10.7. The molecule has 0 radical (unpaired) electrons. The zero-order valence-corrected chi connectivity index (χ0v) is 70.3. The quantitative estimate of drug-likeness (QED) is 0.0222. The molecule has 0 aliphatic rings. The average molecular weight is 1520 g/mol. The van der Waals surface area contributed by atoms with Crippen molar-refractivity contribution in [1.82, 2.24) is 0 Å². The van der Waals surface area contributed by atoms with E-state index in [1.54, 1.807) is 0 Å². The van der Waals surface area contributed by atoms with Gasteiger partial charge in [-0.1, -0.05) is 395 Å². The number of unbranched alkanes of at least 4 members (excludes halogenated alkanes) is 51. The van der Waals surface area contributed by atoms with E-state index in [1.807, 2.05) is 0 Å². The van der Waals surface area contributed by atoms with Crippen LogP contribution in [0.3, 0.4) is 0 Å². The predicted octanol–water partition coefficient (Wildman–Crippen LogP) is 25.7. The second-order valence-electron chi connectivity index (χ2n) is 32.0.